The first-order valence-corrected chi connectivity index (χ1v) is 10.5. The van der Waals surface area contributed by atoms with E-state index in [2.05, 4.69) is 24.2 Å². The summed E-state index contributed by atoms with van der Waals surface area (Å²) in [6.45, 7) is 6.80. The summed E-state index contributed by atoms with van der Waals surface area (Å²) in [4.78, 5) is 4.65. The van der Waals surface area contributed by atoms with E-state index < -0.39 is 10.0 Å². The molecule has 1 fully saturated rings. The van der Waals surface area contributed by atoms with E-state index >= 15 is 0 Å². The number of nitrogens with two attached hydrogens (primary N) is 1. The van der Waals surface area contributed by atoms with E-state index in [1.54, 1.807) is 16.4 Å². The van der Waals surface area contributed by atoms with Gasteiger partial charge in [-0.2, -0.15) is 4.31 Å². The minimum absolute atomic E-state index is 0.352. The molecule has 0 aliphatic carbocycles. The van der Waals surface area contributed by atoms with Crippen molar-refractivity contribution in [3.05, 3.63) is 29.8 Å². The lowest BCUT2D eigenvalue weighted by Crippen LogP contribution is -2.35. The molecular formula is C18H30N4O2S. The second kappa shape index (κ2) is 9.20. The number of hydrogen-bond acceptors (Lipinski definition) is 3. The molecule has 1 aliphatic heterocycles. The molecule has 2 rings (SSSR count). The Morgan fingerprint density at radius 3 is 2.44 bits per heavy atom. The zero-order valence-electron chi connectivity index (χ0n) is 15.2. The van der Waals surface area contributed by atoms with E-state index in [0.29, 0.717) is 36.4 Å². The highest BCUT2D eigenvalue weighted by Crippen LogP contribution is 2.21. The molecule has 0 unspecified atom stereocenters. The van der Waals surface area contributed by atoms with Gasteiger partial charge in [0.15, 0.2) is 5.96 Å². The highest BCUT2D eigenvalue weighted by Gasteiger charge is 2.25. The number of nitrogens with one attached hydrogen (secondary N) is 1. The summed E-state index contributed by atoms with van der Waals surface area (Å²) in [6, 6.07) is 6.94. The molecule has 140 valence electrons. The Labute approximate surface area is 151 Å². The molecule has 1 aromatic rings. The van der Waals surface area contributed by atoms with Crippen LogP contribution in [0.3, 0.4) is 0 Å². The van der Waals surface area contributed by atoms with Crippen LogP contribution in [0, 0.1) is 5.92 Å². The largest absolute Gasteiger partial charge is 0.370 e. The molecule has 1 aliphatic rings. The van der Waals surface area contributed by atoms with E-state index in [-0.39, 0.29) is 0 Å². The highest BCUT2D eigenvalue weighted by molar-refractivity contribution is 7.89. The summed E-state index contributed by atoms with van der Waals surface area (Å²) in [7, 11) is -3.37. The van der Waals surface area contributed by atoms with Crippen LogP contribution in [0.2, 0.25) is 0 Å². The van der Waals surface area contributed by atoms with Gasteiger partial charge in [0, 0.05) is 19.6 Å². The third-order valence-corrected chi connectivity index (χ3v) is 6.25. The average Bonchev–Trinajstić information content (AvgIpc) is 2.61. The first kappa shape index (κ1) is 19.7. The summed E-state index contributed by atoms with van der Waals surface area (Å²) in [6.07, 6.45) is 4.03. The molecule has 0 aromatic heterocycles. The van der Waals surface area contributed by atoms with Gasteiger partial charge in [-0.3, -0.25) is 0 Å². The number of aliphatic imine (C=N–C) groups is 1. The van der Waals surface area contributed by atoms with Gasteiger partial charge in [-0.15, -0.1) is 0 Å². The van der Waals surface area contributed by atoms with Crippen LogP contribution in [0.1, 0.15) is 45.1 Å². The third-order valence-electron chi connectivity index (χ3n) is 4.34. The molecule has 3 N–H and O–H groups in total. The minimum Gasteiger partial charge on any atom is -0.370 e. The van der Waals surface area contributed by atoms with Crippen LogP contribution in [-0.4, -0.2) is 38.3 Å². The van der Waals surface area contributed by atoms with E-state index in [4.69, 9.17) is 5.73 Å². The molecular weight excluding hydrogens is 336 g/mol. The summed E-state index contributed by atoms with van der Waals surface area (Å²) in [5.74, 6) is 1.04. The number of hydrogen-bond donors (Lipinski definition) is 2. The molecule has 0 radical (unpaired) electrons. The number of sulfonamides is 1. The lowest BCUT2D eigenvalue weighted by atomic mass is 10.1. The summed E-state index contributed by atoms with van der Waals surface area (Å²) in [5, 5.41) is 3.09. The van der Waals surface area contributed by atoms with Crippen molar-refractivity contribution in [2.75, 3.05) is 19.6 Å². The Kier molecular flexibility index (Phi) is 7.25. The monoisotopic (exact) mass is 366 g/mol. The van der Waals surface area contributed by atoms with Crippen LogP contribution >= 0.6 is 0 Å². The van der Waals surface area contributed by atoms with Crippen LogP contribution in [0.15, 0.2) is 34.2 Å². The van der Waals surface area contributed by atoms with Gasteiger partial charge in [-0.25, -0.2) is 13.4 Å². The predicted octanol–water partition coefficient (Wildman–Crippen LogP) is 2.31. The Bertz CT molecular complexity index is 663. The van der Waals surface area contributed by atoms with Crippen molar-refractivity contribution >= 4 is 16.0 Å². The fraction of sp³-hybridized carbons (Fsp3) is 0.611. The summed E-state index contributed by atoms with van der Waals surface area (Å²) < 4.78 is 26.8. The van der Waals surface area contributed by atoms with E-state index in [1.807, 2.05) is 12.1 Å². The van der Waals surface area contributed by atoms with Gasteiger partial charge < -0.3 is 11.1 Å². The molecule has 0 bridgehead atoms. The fourth-order valence-corrected chi connectivity index (χ4v) is 4.26. The van der Waals surface area contributed by atoms with Gasteiger partial charge in [0.1, 0.15) is 0 Å². The lowest BCUT2D eigenvalue weighted by Gasteiger charge is -2.25. The number of guanidine groups is 1. The Morgan fingerprint density at radius 1 is 1.20 bits per heavy atom. The van der Waals surface area contributed by atoms with Gasteiger partial charge >= 0.3 is 0 Å². The molecule has 6 nitrogen and oxygen atoms in total. The van der Waals surface area contributed by atoms with Crippen molar-refractivity contribution in [2.24, 2.45) is 16.6 Å². The van der Waals surface area contributed by atoms with Crippen LogP contribution in [0.25, 0.3) is 0 Å². The number of benzene rings is 1. The first-order chi connectivity index (χ1) is 11.9. The SMILES string of the molecule is CC(C)CCNC(N)=NCc1ccc(S(=O)(=O)N2CCCCC2)cc1. The second-order valence-electron chi connectivity index (χ2n) is 6.92. The van der Waals surface area contributed by atoms with Crippen molar-refractivity contribution in [3.63, 3.8) is 0 Å². The standard InChI is InChI=1S/C18H30N4O2S/c1-15(2)10-11-20-18(19)21-14-16-6-8-17(9-7-16)25(23,24)22-12-4-3-5-13-22/h6-9,15H,3-5,10-14H2,1-2H3,(H3,19,20,21). The average molecular weight is 367 g/mol. The molecule has 0 amide bonds. The maximum atomic E-state index is 12.6. The molecule has 1 saturated heterocycles. The molecule has 25 heavy (non-hydrogen) atoms. The third kappa shape index (κ3) is 6.01. The zero-order valence-corrected chi connectivity index (χ0v) is 16.1. The van der Waals surface area contributed by atoms with Crippen LogP contribution in [0.4, 0.5) is 0 Å². The van der Waals surface area contributed by atoms with Gasteiger partial charge in [-0.05, 0) is 42.9 Å². The molecule has 1 heterocycles. The topological polar surface area (TPSA) is 87.8 Å². The number of nitrogens with zero attached hydrogens (tertiary/aromatic N) is 2. The zero-order chi connectivity index (χ0) is 18.3. The van der Waals surface area contributed by atoms with Crippen molar-refractivity contribution in [2.45, 2.75) is 51.0 Å². The molecule has 0 spiro atoms. The normalized spacial score (nSPS) is 17.0. The fourth-order valence-electron chi connectivity index (χ4n) is 2.74. The van der Waals surface area contributed by atoms with Crippen LogP contribution in [0.5, 0.6) is 0 Å². The number of piperidine rings is 1. The van der Waals surface area contributed by atoms with Crippen molar-refractivity contribution < 1.29 is 8.42 Å². The van der Waals surface area contributed by atoms with Crippen molar-refractivity contribution in [1.29, 1.82) is 0 Å². The molecule has 0 atom stereocenters. The quantitative estimate of drug-likeness (QED) is 0.572. The van der Waals surface area contributed by atoms with Gasteiger partial charge in [0.05, 0.1) is 11.4 Å². The summed E-state index contributed by atoms with van der Waals surface area (Å²) in [5.41, 5.74) is 6.78. The van der Waals surface area contributed by atoms with Gasteiger partial charge in [0.2, 0.25) is 10.0 Å². The van der Waals surface area contributed by atoms with E-state index in [9.17, 15) is 8.42 Å². The summed E-state index contributed by atoms with van der Waals surface area (Å²) >= 11 is 0. The van der Waals surface area contributed by atoms with Gasteiger partial charge in [-0.1, -0.05) is 32.4 Å². The van der Waals surface area contributed by atoms with E-state index in [0.717, 1.165) is 37.8 Å². The van der Waals surface area contributed by atoms with Crippen molar-refractivity contribution in [1.82, 2.24) is 9.62 Å². The predicted molar refractivity (Wildman–Crippen MR) is 102 cm³/mol. The maximum Gasteiger partial charge on any atom is 0.243 e. The Balaban J connectivity index is 1.93. The second-order valence-corrected chi connectivity index (χ2v) is 8.86. The van der Waals surface area contributed by atoms with E-state index in [1.165, 1.54) is 0 Å². The lowest BCUT2D eigenvalue weighted by molar-refractivity contribution is 0.346. The molecule has 1 aromatic carbocycles. The van der Waals surface area contributed by atoms with Crippen LogP contribution in [-0.2, 0) is 16.6 Å². The Hall–Kier alpha value is -1.60. The van der Waals surface area contributed by atoms with Crippen molar-refractivity contribution in [3.8, 4) is 0 Å². The maximum absolute atomic E-state index is 12.6. The minimum atomic E-state index is -3.37. The molecule has 0 saturated carbocycles. The van der Waals surface area contributed by atoms with Gasteiger partial charge in [0.25, 0.3) is 0 Å². The first-order valence-electron chi connectivity index (χ1n) is 9.02. The molecule has 7 heteroatoms. The van der Waals surface area contributed by atoms with Crippen LogP contribution < -0.4 is 11.1 Å². The smallest absolute Gasteiger partial charge is 0.243 e. The Morgan fingerprint density at radius 2 is 1.84 bits per heavy atom. The highest BCUT2D eigenvalue weighted by atomic mass is 32.2. The number of rotatable bonds is 7.